The van der Waals surface area contributed by atoms with Crippen LogP contribution in [0, 0.1) is 11.8 Å². The highest BCUT2D eigenvalue weighted by Crippen LogP contribution is 2.61. The summed E-state index contributed by atoms with van der Waals surface area (Å²) in [6.45, 7) is 0. The third-order valence-electron chi connectivity index (χ3n) is 8.08. The van der Waals surface area contributed by atoms with Crippen LogP contribution in [-0.4, -0.2) is 17.7 Å². The molecule has 8 rings (SSSR count). The number of amides is 3. The zero-order valence-electron chi connectivity index (χ0n) is 20.2. The highest BCUT2D eigenvalue weighted by Gasteiger charge is 2.61. The third-order valence-corrected chi connectivity index (χ3v) is 8.94. The van der Waals surface area contributed by atoms with Crippen molar-refractivity contribution >= 4 is 63.9 Å². The largest absolute Gasteiger partial charge is 0.321 e. The van der Waals surface area contributed by atoms with Gasteiger partial charge in [-0.2, -0.15) is 0 Å². The molecule has 3 aliphatic carbocycles. The summed E-state index contributed by atoms with van der Waals surface area (Å²) < 4.78 is 0. The van der Waals surface area contributed by atoms with Gasteiger partial charge in [0.05, 0.1) is 38.8 Å². The molecule has 192 valence electrons. The average molecular weight is 574 g/mol. The van der Waals surface area contributed by atoms with Crippen LogP contribution in [0.25, 0.3) is 0 Å². The summed E-state index contributed by atoms with van der Waals surface area (Å²) in [5, 5.41) is 3.55. The minimum atomic E-state index is -0.488. The van der Waals surface area contributed by atoms with Gasteiger partial charge in [0, 0.05) is 16.9 Å². The first-order valence-corrected chi connectivity index (χ1v) is 13.6. The van der Waals surface area contributed by atoms with Crippen LogP contribution in [0.4, 0.5) is 11.4 Å². The molecule has 1 saturated heterocycles. The predicted octanol–water partition coefficient (Wildman–Crippen LogP) is 7.30. The van der Waals surface area contributed by atoms with E-state index in [2.05, 4.69) is 29.6 Å². The lowest BCUT2D eigenvalue weighted by Crippen LogP contribution is -2.41. The molecule has 0 aromatic heterocycles. The van der Waals surface area contributed by atoms with E-state index in [9.17, 15) is 14.4 Å². The Labute approximate surface area is 239 Å². The predicted molar refractivity (Wildman–Crippen MR) is 152 cm³/mol. The van der Waals surface area contributed by atoms with Gasteiger partial charge in [-0.15, -0.1) is 0 Å². The molecule has 0 radical (unpaired) electrons. The second-order valence-corrected chi connectivity index (χ2v) is 11.3. The van der Waals surface area contributed by atoms with E-state index in [4.69, 9.17) is 34.8 Å². The number of hydrogen-bond acceptors (Lipinski definition) is 3. The Morgan fingerprint density at radius 3 is 1.69 bits per heavy atom. The van der Waals surface area contributed by atoms with E-state index in [0.29, 0.717) is 16.4 Å². The monoisotopic (exact) mass is 572 g/mol. The van der Waals surface area contributed by atoms with Crippen LogP contribution in [-0.2, 0) is 9.59 Å². The Kier molecular flexibility index (Phi) is 5.60. The molecule has 0 spiro atoms. The highest BCUT2D eigenvalue weighted by atomic mass is 35.5. The van der Waals surface area contributed by atoms with E-state index in [-0.39, 0.29) is 39.3 Å². The average Bonchev–Trinajstić information content (AvgIpc) is 3.20. The van der Waals surface area contributed by atoms with Gasteiger partial charge in [-0.3, -0.25) is 14.4 Å². The Balaban J connectivity index is 1.23. The van der Waals surface area contributed by atoms with Gasteiger partial charge < -0.3 is 5.32 Å². The van der Waals surface area contributed by atoms with Crippen LogP contribution in [0.3, 0.4) is 0 Å². The number of rotatable bonds is 3. The summed E-state index contributed by atoms with van der Waals surface area (Å²) in [5.74, 6) is -2.28. The van der Waals surface area contributed by atoms with E-state index in [0.717, 1.165) is 22.3 Å². The van der Waals surface area contributed by atoms with Crippen molar-refractivity contribution in [1.29, 1.82) is 0 Å². The topological polar surface area (TPSA) is 66.5 Å². The van der Waals surface area contributed by atoms with E-state index in [1.165, 1.54) is 23.1 Å². The lowest BCUT2D eigenvalue weighted by atomic mass is 9.55. The van der Waals surface area contributed by atoms with Crippen LogP contribution < -0.4 is 10.2 Å². The van der Waals surface area contributed by atoms with Crippen molar-refractivity contribution in [2.24, 2.45) is 11.8 Å². The van der Waals surface area contributed by atoms with Crippen molar-refractivity contribution in [3.05, 3.63) is 128 Å². The second kappa shape index (κ2) is 8.95. The van der Waals surface area contributed by atoms with Gasteiger partial charge in [-0.25, -0.2) is 4.90 Å². The molecule has 0 unspecified atom stereocenters. The highest BCUT2D eigenvalue weighted by molar-refractivity contribution is 6.38. The molecular weight excluding hydrogens is 555 g/mol. The normalized spacial score (nSPS) is 22.4. The van der Waals surface area contributed by atoms with Gasteiger partial charge >= 0.3 is 0 Å². The SMILES string of the molecule is O=C(Nc1ccc(N2C(=O)[C@@H]3C4c5ccccc5C(c5ccccc54)[C@H]3C2=O)cc1Cl)c1ccc(Cl)cc1Cl. The second-order valence-electron chi connectivity index (χ2n) is 10.0. The smallest absolute Gasteiger partial charge is 0.257 e. The summed E-state index contributed by atoms with van der Waals surface area (Å²) in [5.41, 5.74) is 5.40. The molecule has 1 N–H and O–H groups in total. The Hall–Kier alpha value is -3.64. The zero-order chi connectivity index (χ0) is 27.0. The number of hydrogen-bond donors (Lipinski definition) is 1. The van der Waals surface area contributed by atoms with E-state index in [1.54, 1.807) is 18.2 Å². The van der Waals surface area contributed by atoms with Crippen LogP contribution in [0.2, 0.25) is 15.1 Å². The number of benzene rings is 4. The Morgan fingerprint density at radius 2 is 1.21 bits per heavy atom. The quantitative estimate of drug-likeness (QED) is 0.262. The minimum absolute atomic E-state index is 0.188. The first-order valence-electron chi connectivity index (χ1n) is 12.5. The number of anilines is 2. The molecule has 3 amide bonds. The maximum absolute atomic E-state index is 14.0. The fraction of sp³-hybridized carbons (Fsp3) is 0.129. The molecule has 4 aliphatic rings. The summed E-state index contributed by atoms with van der Waals surface area (Å²) >= 11 is 18.7. The molecule has 4 aromatic rings. The number of halogens is 3. The maximum atomic E-state index is 14.0. The van der Waals surface area contributed by atoms with Crippen LogP contribution in [0.1, 0.15) is 44.4 Å². The minimum Gasteiger partial charge on any atom is -0.321 e. The van der Waals surface area contributed by atoms with Gasteiger partial charge in [0.2, 0.25) is 11.8 Å². The molecular formula is C31H19Cl3N2O3. The number of nitrogens with zero attached hydrogens (tertiary/aromatic N) is 1. The van der Waals surface area contributed by atoms with E-state index in [1.807, 2.05) is 24.3 Å². The summed E-state index contributed by atoms with van der Waals surface area (Å²) in [6.07, 6.45) is 0. The van der Waals surface area contributed by atoms with Gasteiger partial charge in [0.25, 0.3) is 5.91 Å². The summed E-state index contributed by atoms with van der Waals surface area (Å²) in [7, 11) is 0. The van der Waals surface area contributed by atoms with Gasteiger partial charge in [0.15, 0.2) is 0 Å². The van der Waals surface area contributed by atoms with Crippen molar-refractivity contribution in [3.63, 3.8) is 0 Å². The Bertz CT molecular complexity index is 1620. The maximum Gasteiger partial charge on any atom is 0.257 e. The fourth-order valence-electron chi connectivity index (χ4n) is 6.54. The first kappa shape index (κ1) is 24.4. The molecule has 1 aliphatic heterocycles. The van der Waals surface area contributed by atoms with Crippen molar-refractivity contribution in [2.75, 3.05) is 10.2 Å². The Morgan fingerprint density at radius 1 is 0.667 bits per heavy atom. The fourth-order valence-corrected chi connectivity index (χ4v) is 7.26. The molecule has 5 nitrogen and oxygen atoms in total. The van der Waals surface area contributed by atoms with Crippen LogP contribution >= 0.6 is 34.8 Å². The number of carbonyl (C=O) groups is 3. The van der Waals surface area contributed by atoms with Crippen molar-refractivity contribution in [2.45, 2.75) is 11.8 Å². The molecule has 4 aromatic carbocycles. The third kappa shape index (κ3) is 3.57. The molecule has 8 heteroatoms. The zero-order valence-corrected chi connectivity index (χ0v) is 22.5. The van der Waals surface area contributed by atoms with Gasteiger partial charge in [-0.05, 0) is 58.7 Å². The van der Waals surface area contributed by atoms with Crippen LogP contribution in [0.5, 0.6) is 0 Å². The van der Waals surface area contributed by atoms with Gasteiger partial charge in [0.1, 0.15) is 0 Å². The van der Waals surface area contributed by atoms with Gasteiger partial charge in [-0.1, -0.05) is 83.3 Å². The summed E-state index contributed by atoms with van der Waals surface area (Å²) in [4.78, 5) is 42.0. The van der Waals surface area contributed by atoms with Crippen molar-refractivity contribution in [1.82, 2.24) is 0 Å². The van der Waals surface area contributed by atoms with E-state index >= 15 is 0 Å². The molecule has 0 saturated carbocycles. The number of imide groups is 1. The lowest BCUT2D eigenvalue weighted by molar-refractivity contribution is -0.122. The number of carbonyl (C=O) groups excluding carboxylic acids is 3. The van der Waals surface area contributed by atoms with Crippen molar-refractivity contribution in [3.8, 4) is 0 Å². The first-order chi connectivity index (χ1) is 18.8. The number of nitrogens with one attached hydrogen (secondary N) is 1. The molecule has 2 bridgehead atoms. The molecule has 39 heavy (non-hydrogen) atoms. The lowest BCUT2D eigenvalue weighted by Gasteiger charge is -2.45. The molecule has 1 fully saturated rings. The van der Waals surface area contributed by atoms with E-state index < -0.39 is 17.7 Å². The standard InChI is InChI=1S/C31H19Cl3N2O3/c32-15-9-11-21(22(33)13-15)29(37)35-24-12-10-16(14-23(24)34)36-30(38)27-25-17-5-1-2-6-18(17)26(28(27)31(36)39)20-8-4-3-7-19(20)25/h1-14,25-28H,(H,35,37)/t25?,26?,27-,28-/m1/s1. The van der Waals surface area contributed by atoms with Crippen molar-refractivity contribution < 1.29 is 14.4 Å². The summed E-state index contributed by atoms with van der Waals surface area (Å²) in [6, 6.07) is 25.5. The molecule has 1 heterocycles. The molecule has 2 atom stereocenters. The van der Waals surface area contributed by atoms with Crippen LogP contribution in [0.15, 0.2) is 84.9 Å².